The van der Waals surface area contributed by atoms with Crippen molar-refractivity contribution in [2.24, 2.45) is 0 Å². The number of carbonyl (C=O) groups is 1. The maximum atomic E-state index is 12.7. The number of hydrogen-bond acceptors (Lipinski definition) is 5. The van der Waals surface area contributed by atoms with E-state index >= 15 is 0 Å². The topological polar surface area (TPSA) is 88.3 Å². The van der Waals surface area contributed by atoms with Crippen LogP contribution in [0.5, 0.6) is 0 Å². The molecule has 0 saturated heterocycles. The summed E-state index contributed by atoms with van der Waals surface area (Å²) in [6.45, 7) is 1.33. The Morgan fingerprint density at radius 1 is 1.20 bits per heavy atom. The number of nitrogens with one attached hydrogen (secondary N) is 1. The summed E-state index contributed by atoms with van der Waals surface area (Å²) in [4.78, 5) is 16.7. The Bertz CT molecular complexity index is 863. The summed E-state index contributed by atoms with van der Waals surface area (Å²) in [5.41, 5.74) is 2.17. The average Bonchev–Trinajstić information content (AvgIpc) is 3.02. The minimum Gasteiger partial charge on any atom is -0.391 e. The number of halogens is 1. The van der Waals surface area contributed by atoms with Gasteiger partial charge in [0.15, 0.2) is 5.69 Å². The van der Waals surface area contributed by atoms with Gasteiger partial charge < -0.3 is 14.9 Å². The van der Waals surface area contributed by atoms with Crippen LogP contribution in [0.1, 0.15) is 39.0 Å². The van der Waals surface area contributed by atoms with Gasteiger partial charge >= 0.3 is 0 Å². The molecule has 0 bridgehead atoms. The van der Waals surface area contributed by atoms with E-state index in [9.17, 15) is 9.90 Å². The Morgan fingerprint density at radius 2 is 1.84 bits per heavy atom. The molecule has 128 valence electrons. The summed E-state index contributed by atoms with van der Waals surface area (Å²) in [6, 6.07) is 10.4. The quantitative estimate of drug-likeness (QED) is 0.732. The molecule has 2 aromatic heterocycles. The van der Waals surface area contributed by atoms with Crippen molar-refractivity contribution in [3.63, 3.8) is 0 Å². The predicted octanol–water partition coefficient (Wildman–Crippen LogP) is 3.04. The number of nitrogens with zero attached hydrogens (tertiary/aromatic N) is 2. The van der Waals surface area contributed by atoms with E-state index < -0.39 is 11.9 Å². The molecule has 25 heavy (non-hydrogen) atoms. The van der Waals surface area contributed by atoms with Crippen molar-refractivity contribution in [1.29, 1.82) is 0 Å². The van der Waals surface area contributed by atoms with Gasteiger partial charge in [0.1, 0.15) is 5.76 Å². The second kappa shape index (κ2) is 7.46. The zero-order valence-corrected chi connectivity index (χ0v) is 14.2. The summed E-state index contributed by atoms with van der Waals surface area (Å²) < 4.78 is 5.02. The highest BCUT2D eigenvalue weighted by Crippen LogP contribution is 2.24. The highest BCUT2D eigenvalue weighted by molar-refractivity contribution is 6.30. The molecule has 1 atom stereocenters. The van der Waals surface area contributed by atoms with Gasteiger partial charge in [0.25, 0.3) is 5.91 Å². The minimum atomic E-state index is -0.433. The summed E-state index contributed by atoms with van der Waals surface area (Å²) >= 11 is 5.96. The van der Waals surface area contributed by atoms with Crippen molar-refractivity contribution < 1.29 is 14.4 Å². The number of amides is 1. The third-order valence-electron chi connectivity index (χ3n) is 3.88. The van der Waals surface area contributed by atoms with Crippen LogP contribution < -0.4 is 5.32 Å². The van der Waals surface area contributed by atoms with Crippen LogP contribution in [-0.4, -0.2) is 21.2 Å². The molecule has 3 aromatic rings. The molecule has 0 saturated carbocycles. The van der Waals surface area contributed by atoms with Gasteiger partial charge in [-0.2, -0.15) is 0 Å². The number of aromatic nitrogens is 2. The molecular weight excluding hydrogens is 342 g/mol. The fraction of sp³-hybridized carbons (Fsp3) is 0.167. The second-order valence-electron chi connectivity index (χ2n) is 5.46. The van der Waals surface area contributed by atoms with Gasteiger partial charge in [-0.3, -0.25) is 9.78 Å². The Balaban J connectivity index is 1.95. The second-order valence-corrected chi connectivity index (χ2v) is 5.90. The zero-order chi connectivity index (χ0) is 17.8. The first-order chi connectivity index (χ1) is 12.1. The molecule has 0 aliphatic carbocycles. The van der Waals surface area contributed by atoms with Crippen LogP contribution in [0.4, 0.5) is 0 Å². The van der Waals surface area contributed by atoms with Crippen molar-refractivity contribution >= 4 is 17.5 Å². The smallest absolute Gasteiger partial charge is 0.274 e. The van der Waals surface area contributed by atoms with Crippen LogP contribution >= 0.6 is 11.6 Å². The summed E-state index contributed by atoms with van der Waals surface area (Å²) in [6.07, 6.45) is 3.31. The van der Waals surface area contributed by atoms with Gasteiger partial charge in [-0.15, -0.1) is 0 Å². The molecule has 0 fully saturated rings. The van der Waals surface area contributed by atoms with Gasteiger partial charge in [-0.1, -0.05) is 28.9 Å². The Kier molecular flexibility index (Phi) is 5.11. The van der Waals surface area contributed by atoms with E-state index in [1.165, 1.54) is 0 Å². The number of aliphatic hydroxyl groups excluding tert-OH is 1. The highest BCUT2D eigenvalue weighted by atomic mass is 35.5. The largest absolute Gasteiger partial charge is 0.391 e. The van der Waals surface area contributed by atoms with Crippen molar-refractivity contribution in [3.05, 3.63) is 82.0 Å². The molecule has 7 heteroatoms. The third-order valence-corrected chi connectivity index (χ3v) is 4.13. The van der Waals surface area contributed by atoms with Crippen molar-refractivity contribution in [2.45, 2.75) is 19.6 Å². The van der Waals surface area contributed by atoms with Gasteiger partial charge in [0.2, 0.25) is 0 Å². The molecular formula is C18H16ClN3O3. The zero-order valence-electron chi connectivity index (χ0n) is 13.4. The Hall–Kier alpha value is -2.70. The first kappa shape index (κ1) is 17.1. The van der Waals surface area contributed by atoms with E-state index in [0.29, 0.717) is 16.3 Å². The number of pyridine rings is 1. The SMILES string of the molecule is Cc1onc(C(=O)N[C@H](c2ccncc2)c2ccc(Cl)cc2)c1CO. The number of carbonyl (C=O) groups excluding carboxylic acids is 1. The van der Waals surface area contributed by atoms with E-state index in [1.807, 2.05) is 24.3 Å². The maximum Gasteiger partial charge on any atom is 0.274 e. The van der Waals surface area contributed by atoms with Crippen LogP contribution in [0.3, 0.4) is 0 Å². The number of rotatable bonds is 5. The van der Waals surface area contributed by atoms with E-state index in [4.69, 9.17) is 16.1 Å². The maximum absolute atomic E-state index is 12.7. The lowest BCUT2D eigenvalue weighted by molar-refractivity contribution is 0.0931. The molecule has 1 aromatic carbocycles. The fourth-order valence-corrected chi connectivity index (χ4v) is 2.65. The Labute approximate surface area is 149 Å². The van der Waals surface area contributed by atoms with Gasteiger partial charge in [-0.25, -0.2) is 0 Å². The Morgan fingerprint density at radius 3 is 2.48 bits per heavy atom. The standard InChI is InChI=1S/C18H16ClN3O3/c1-11-15(10-23)17(22-25-11)18(24)21-16(13-6-8-20-9-7-13)12-2-4-14(19)5-3-12/h2-9,16,23H,10H2,1H3,(H,21,24)/t16-/m0/s1. The fourth-order valence-electron chi connectivity index (χ4n) is 2.53. The van der Waals surface area contributed by atoms with E-state index in [2.05, 4.69) is 15.5 Å². The van der Waals surface area contributed by atoms with Gasteiger partial charge in [0, 0.05) is 17.4 Å². The average molecular weight is 358 g/mol. The van der Waals surface area contributed by atoms with Gasteiger partial charge in [0.05, 0.1) is 18.2 Å². The van der Waals surface area contributed by atoms with E-state index in [1.54, 1.807) is 31.5 Å². The first-order valence-corrected chi connectivity index (χ1v) is 8.00. The third kappa shape index (κ3) is 3.70. The predicted molar refractivity (Wildman–Crippen MR) is 92.2 cm³/mol. The van der Waals surface area contributed by atoms with Crippen LogP contribution in [0.2, 0.25) is 5.02 Å². The molecule has 0 aliphatic rings. The molecule has 0 aliphatic heterocycles. The van der Waals surface area contributed by atoms with Crippen molar-refractivity contribution in [2.75, 3.05) is 0 Å². The van der Waals surface area contributed by atoms with Crippen molar-refractivity contribution in [1.82, 2.24) is 15.5 Å². The summed E-state index contributed by atoms with van der Waals surface area (Å²) in [5.74, 6) is -0.0164. The van der Waals surface area contributed by atoms with Crippen LogP contribution in [0, 0.1) is 6.92 Å². The van der Waals surface area contributed by atoms with Crippen LogP contribution in [-0.2, 0) is 6.61 Å². The van der Waals surface area contributed by atoms with Crippen LogP contribution in [0.15, 0.2) is 53.3 Å². The molecule has 0 spiro atoms. The number of hydrogen-bond donors (Lipinski definition) is 2. The lowest BCUT2D eigenvalue weighted by Gasteiger charge is -2.19. The first-order valence-electron chi connectivity index (χ1n) is 7.62. The highest BCUT2D eigenvalue weighted by Gasteiger charge is 2.23. The molecule has 2 heterocycles. The monoisotopic (exact) mass is 357 g/mol. The molecule has 0 radical (unpaired) electrons. The van der Waals surface area contributed by atoms with E-state index in [0.717, 1.165) is 11.1 Å². The molecule has 3 rings (SSSR count). The van der Waals surface area contributed by atoms with Crippen LogP contribution in [0.25, 0.3) is 0 Å². The lowest BCUT2D eigenvalue weighted by Crippen LogP contribution is -2.30. The van der Waals surface area contributed by atoms with Gasteiger partial charge in [-0.05, 0) is 42.3 Å². The number of aryl methyl sites for hydroxylation is 1. The lowest BCUT2D eigenvalue weighted by atomic mass is 9.99. The summed E-state index contributed by atoms with van der Waals surface area (Å²) in [5, 5.41) is 16.7. The minimum absolute atomic E-state index is 0.0769. The molecule has 6 nitrogen and oxygen atoms in total. The normalized spacial score (nSPS) is 12.0. The van der Waals surface area contributed by atoms with Crippen molar-refractivity contribution in [3.8, 4) is 0 Å². The summed E-state index contributed by atoms with van der Waals surface area (Å²) in [7, 11) is 0. The van der Waals surface area contributed by atoms with E-state index in [-0.39, 0.29) is 12.3 Å². The molecule has 0 unspecified atom stereocenters. The molecule has 2 N–H and O–H groups in total. The molecule has 1 amide bonds. The number of aliphatic hydroxyl groups is 1. The number of benzene rings is 1.